The summed E-state index contributed by atoms with van der Waals surface area (Å²) >= 11 is 3.41. The highest BCUT2D eigenvalue weighted by Gasteiger charge is 2.05. The monoisotopic (exact) mass is 293 g/mol. The van der Waals surface area contributed by atoms with Crippen LogP contribution in [-0.4, -0.2) is 9.97 Å². The van der Waals surface area contributed by atoms with Gasteiger partial charge in [0.15, 0.2) is 5.75 Å². The van der Waals surface area contributed by atoms with Crippen molar-refractivity contribution in [2.24, 2.45) is 5.73 Å². The lowest BCUT2D eigenvalue weighted by atomic mass is 10.3. The van der Waals surface area contributed by atoms with E-state index in [2.05, 4.69) is 25.9 Å². The molecule has 0 saturated carbocycles. The van der Waals surface area contributed by atoms with Gasteiger partial charge in [0.2, 0.25) is 0 Å². The van der Waals surface area contributed by atoms with Crippen LogP contribution in [0.3, 0.4) is 0 Å². The molecule has 1 aromatic carbocycles. The van der Waals surface area contributed by atoms with Crippen LogP contribution in [-0.2, 0) is 0 Å². The summed E-state index contributed by atoms with van der Waals surface area (Å²) in [4.78, 5) is 8.26. The standard InChI is InChI=1S/C12H12BrN3O/c1-8(14)12-15-6-9(7-16-12)17-11-5-3-2-4-10(11)13/h2-8H,14H2,1H3. The van der Waals surface area contributed by atoms with Gasteiger partial charge in [-0.2, -0.15) is 0 Å². The fourth-order valence-corrected chi connectivity index (χ4v) is 1.63. The van der Waals surface area contributed by atoms with Crippen LogP contribution in [0, 0.1) is 0 Å². The van der Waals surface area contributed by atoms with Gasteiger partial charge < -0.3 is 10.5 Å². The zero-order valence-electron chi connectivity index (χ0n) is 9.30. The molecule has 0 radical (unpaired) electrons. The Morgan fingerprint density at radius 3 is 2.47 bits per heavy atom. The molecule has 0 aliphatic carbocycles. The van der Waals surface area contributed by atoms with Crippen molar-refractivity contribution in [3.63, 3.8) is 0 Å². The minimum Gasteiger partial charge on any atom is -0.453 e. The molecule has 1 atom stereocenters. The van der Waals surface area contributed by atoms with E-state index in [0.29, 0.717) is 11.6 Å². The molecule has 5 heteroatoms. The molecule has 4 nitrogen and oxygen atoms in total. The molecule has 0 spiro atoms. The number of hydrogen-bond donors (Lipinski definition) is 1. The summed E-state index contributed by atoms with van der Waals surface area (Å²) in [6, 6.07) is 7.42. The Labute approximate surface area is 108 Å². The first-order valence-electron chi connectivity index (χ1n) is 5.16. The average Bonchev–Trinajstić information content (AvgIpc) is 2.33. The van der Waals surface area contributed by atoms with Gasteiger partial charge in [-0.1, -0.05) is 12.1 Å². The molecular weight excluding hydrogens is 282 g/mol. The van der Waals surface area contributed by atoms with Crippen molar-refractivity contribution >= 4 is 15.9 Å². The zero-order chi connectivity index (χ0) is 12.3. The van der Waals surface area contributed by atoms with Gasteiger partial charge in [0.1, 0.15) is 11.6 Å². The maximum Gasteiger partial charge on any atom is 0.164 e. The van der Waals surface area contributed by atoms with E-state index < -0.39 is 0 Å². The predicted octanol–water partition coefficient (Wildman–Crippen LogP) is 3.05. The van der Waals surface area contributed by atoms with Gasteiger partial charge in [0.05, 0.1) is 22.9 Å². The first-order chi connectivity index (χ1) is 8.16. The fraction of sp³-hybridized carbons (Fsp3) is 0.167. The van der Waals surface area contributed by atoms with Crippen molar-refractivity contribution < 1.29 is 4.74 Å². The third-order valence-electron chi connectivity index (χ3n) is 2.12. The second-order valence-electron chi connectivity index (χ2n) is 3.60. The molecule has 0 aliphatic rings. The van der Waals surface area contributed by atoms with E-state index in [1.165, 1.54) is 0 Å². The molecule has 1 heterocycles. The Kier molecular flexibility index (Phi) is 3.71. The molecule has 1 aromatic heterocycles. The molecule has 2 aromatic rings. The van der Waals surface area contributed by atoms with Crippen molar-refractivity contribution in [3.8, 4) is 11.5 Å². The molecule has 0 fully saturated rings. The van der Waals surface area contributed by atoms with Crippen molar-refractivity contribution in [2.75, 3.05) is 0 Å². The molecule has 2 N–H and O–H groups in total. The normalized spacial score (nSPS) is 12.2. The Hall–Kier alpha value is -1.46. The van der Waals surface area contributed by atoms with Crippen molar-refractivity contribution in [3.05, 3.63) is 47.0 Å². The van der Waals surface area contributed by atoms with Crippen LogP contribution in [0.25, 0.3) is 0 Å². The topological polar surface area (TPSA) is 61.0 Å². The molecule has 0 bridgehead atoms. The lowest BCUT2D eigenvalue weighted by Crippen LogP contribution is -2.09. The van der Waals surface area contributed by atoms with Crippen LogP contribution in [0.5, 0.6) is 11.5 Å². The first-order valence-corrected chi connectivity index (χ1v) is 5.96. The highest BCUT2D eigenvalue weighted by molar-refractivity contribution is 9.10. The van der Waals surface area contributed by atoms with Crippen molar-refractivity contribution in [2.45, 2.75) is 13.0 Å². The average molecular weight is 294 g/mol. The van der Waals surface area contributed by atoms with Gasteiger partial charge in [0, 0.05) is 0 Å². The third-order valence-corrected chi connectivity index (χ3v) is 2.77. The van der Waals surface area contributed by atoms with Crippen LogP contribution in [0.15, 0.2) is 41.1 Å². The predicted molar refractivity (Wildman–Crippen MR) is 68.9 cm³/mol. The summed E-state index contributed by atoms with van der Waals surface area (Å²) < 4.78 is 6.52. The Balaban J connectivity index is 2.17. The molecular formula is C12H12BrN3O. The molecule has 17 heavy (non-hydrogen) atoms. The summed E-state index contributed by atoms with van der Waals surface area (Å²) in [7, 11) is 0. The van der Waals surface area contributed by atoms with Crippen molar-refractivity contribution in [1.29, 1.82) is 0 Å². The molecule has 0 aliphatic heterocycles. The number of aromatic nitrogens is 2. The van der Waals surface area contributed by atoms with E-state index >= 15 is 0 Å². The van der Waals surface area contributed by atoms with Crippen molar-refractivity contribution in [1.82, 2.24) is 9.97 Å². The van der Waals surface area contributed by atoms with Gasteiger partial charge in [-0.3, -0.25) is 0 Å². The lowest BCUT2D eigenvalue weighted by Gasteiger charge is -2.08. The van der Waals surface area contributed by atoms with Gasteiger partial charge in [0.25, 0.3) is 0 Å². The minimum atomic E-state index is -0.174. The summed E-state index contributed by atoms with van der Waals surface area (Å²) in [5.41, 5.74) is 5.67. The first kappa shape index (κ1) is 12.0. The van der Waals surface area contributed by atoms with E-state index in [9.17, 15) is 0 Å². The van der Waals surface area contributed by atoms with Gasteiger partial charge in [-0.25, -0.2) is 9.97 Å². The number of rotatable bonds is 3. The number of hydrogen-bond acceptors (Lipinski definition) is 4. The molecule has 88 valence electrons. The van der Waals surface area contributed by atoms with E-state index in [1.54, 1.807) is 12.4 Å². The smallest absolute Gasteiger partial charge is 0.164 e. The van der Waals surface area contributed by atoms with E-state index in [-0.39, 0.29) is 6.04 Å². The summed E-state index contributed by atoms with van der Waals surface area (Å²) in [5.74, 6) is 1.91. The largest absolute Gasteiger partial charge is 0.453 e. The third kappa shape index (κ3) is 3.01. The maximum absolute atomic E-state index is 5.67. The van der Waals surface area contributed by atoms with E-state index in [1.807, 2.05) is 31.2 Å². The second kappa shape index (κ2) is 5.25. The lowest BCUT2D eigenvalue weighted by molar-refractivity contribution is 0.472. The van der Waals surface area contributed by atoms with E-state index in [0.717, 1.165) is 10.2 Å². The molecule has 0 saturated heterocycles. The number of benzene rings is 1. The van der Waals surface area contributed by atoms with Gasteiger partial charge in [-0.05, 0) is 35.0 Å². The number of nitrogens with zero attached hydrogens (tertiary/aromatic N) is 2. The molecule has 1 unspecified atom stereocenters. The van der Waals surface area contributed by atoms with Crippen LogP contribution < -0.4 is 10.5 Å². The minimum absolute atomic E-state index is 0.174. The Bertz CT molecular complexity index is 499. The summed E-state index contributed by atoms with van der Waals surface area (Å²) in [6.07, 6.45) is 3.23. The Morgan fingerprint density at radius 1 is 1.24 bits per heavy atom. The molecule has 0 amide bonds. The fourth-order valence-electron chi connectivity index (χ4n) is 1.27. The van der Waals surface area contributed by atoms with E-state index in [4.69, 9.17) is 10.5 Å². The number of halogens is 1. The highest BCUT2D eigenvalue weighted by atomic mass is 79.9. The summed E-state index contributed by atoms with van der Waals surface area (Å²) in [5, 5.41) is 0. The highest BCUT2D eigenvalue weighted by Crippen LogP contribution is 2.28. The quantitative estimate of drug-likeness (QED) is 0.945. The summed E-state index contributed by atoms with van der Waals surface area (Å²) in [6.45, 7) is 1.84. The SMILES string of the molecule is CC(N)c1ncc(Oc2ccccc2Br)cn1. The zero-order valence-corrected chi connectivity index (χ0v) is 10.9. The van der Waals surface area contributed by atoms with Crippen LogP contribution in [0.1, 0.15) is 18.8 Å². The van der Waals surface area contributed by atoms with Crippen LogP contribution >= 0.6 is 15.9 Å². The molecule has 2 rings (SSSR count). The Morgan fingerprint density at radius 2 is 1.88 bits per heavy atom. The number of nitrogens with two attached hydrogens (primary N) is 1. The second-order valence-corrected chi connectivity index (χ2v) is 4.45. The van der Waals surface area contributed by atoms with Gasteiger partial charge in [-0.15, -0.1) is 0 Å². The van der Waals surface area contributed by atoms with Crippen LogP contribution in [0.2, 0.25) is 0 Å². The number of ether oxygens (including phenoxy) is 1. The van der Waals surface area contributed by atoms with Crippen LogP contribution in [0.4, 0.5) is 0 Å². The maximum atomic E-state index is 5.67. The number of para-hydroxylation sites is 1. The van der Waals surface area contributed by atoms with Gasteiger partial charge >= 0.3 is 0 Å².